The molecule has 0 saturated heterocycles. The van der Waals surface area contributed by atoms with Crippen molar-refractivity contribution in [3.8, 4) is 11.5 Å². The number of benzene rings is 3. The molecule has 1 atom stereocenters. The molecule has 180 valence electrons. The van der Waals surface area contributed by atoms with E-state index >= 15 is 0 Å². The first kappa shape index (κ1) is 22.4. The summed E-state index contributed by atoms with van der Waals surface area (Å²) >= 11 is 6.15. The zero-order chi connectivity index (χ0) is 24.8. The van der Waals surface area contributed by atoms with Gasteiger partial charge in [-0.05, 0) is 54.8 Å². The fraction of sp³-hybridized carbons (Fsp3) is 0.172. The highest BCUT2D eigenvalue weighted by atomic mass is 35.5. The highest BCUT2D eigenvalue weighted by molar-refractivity contribution is 6.30. The summed E-state index contributed by atoms with van der Waals surface area (Å²) in [6.45, 7) is 0.133. The maximum Gasteiger partial charge on any atom is 0.231 e. The van der Waals surface area contributed by atoms with Crippen molar-refractivity contribution in [2.24, 2.45) is 0 Å². The molecule has 36 heavy (non-hydrogen) atoms. The Hall–Kier alpha value is -4.03. The Morgan fingerprint density at radius 2 is 1.72 bits per heavy atom. The van der Waals surface area contributed by atoms with Crippen molar-refractivity contribution in [1.82, 2.24) is 0 Å². The minimum Gasteiger partial charge on any atom is -0.507 e. The highest BCUT2D eigenvalue weighted by Crippen LogP contribution is 2.49. The second kappa shape index (κ2) is 8.88. The number of ether oxygens (including phenoxy) is 2. The molecule has 0 radical (unpaired) electrons. The van der Waals surface area contributed by atoms with Crippen LogP contribution in [0.25, 0.3) is 5.76 Å². The van der Waals surface area contributed by atoms with Gasteiger partial charge < -0.3 is 14.6 Å². The molecule has 6 rings (SSSR count). The zero-order valence-electron chi connectivity index (χ0n) is 19.3. The number of hydrogen-bond donors (Lipinski definition) is 2. The van der Waals surface area contributed by atoms with Gasteiger partial charge in [-0.1, -0.05) is 48.0 Å². The number of carbonyl (C=O) groups is 1. The van der Waals surface area contributed by atoms with Gasteiger partial charge in [-0.2, -0.15) is 0 Å². The minimum absolute atomic E-state index is 0.0174. The molecular weight excluding hydrogens is 476 g/mol. The van der Waals surface area contributed by atoms with Crippen LogP contribution in [0.15, 0.2) is 89.6 Å². The molecular formula is C29H23ClN2O4. The van der Waals surface area contributed by atoms with Gasteiger partial charge in [0.2, 0.25) is 6.79 Å². The van der Waals surface area contributed by atoms with Crippen LogP contribution in [0.2, 0.25) is 5.02 Å². The average Bonchev–Trinajstić information content (AvgIpc) is 3.37. The van der Waals surface area contributed by atoms with Gasteiger partial charge in [-0.25, -0.2) is 0 Å². The Kier molecular flexibility index (Phi) is 5.53. The summed E-state index contributed by atoms with van der Waals surface area (Å²) < 4.78 is 11.1. The van der Waals surface area contributed by atoms with Crippen LogP contribution in [0, 0.1) is 5.41 Å². The second-order valence-electron chi connectivity index (χ2n) is 8.97. The molecule has 0 amide bonds. The summed E-state index contributed by atoms with van der Waals surface area (Å²) in [5.74, 6) is 0.696. The topological polar surface area (TPSA) is 82.9 Å². The van der Waals surface area contributed by atoms with Crippen molar-refractivity contribution >= 4 is 34.7 Å². The van der Waals surface area contributed by atoms with Crippen molar-refractivity contribution in [2.45, 2.75) is 25.2 Å². The van der Waals surface area contributed by atoms with E-state index in [0.29, 0.717) is 58.2 Å². The first-order valence-corrected chi connectivity index (χ1v) is 12.2. The van der Waals surface area contributed by atoms with E-state index in [1.54, 1.807) is 29.2 Å². The number of anilines is 1. The van der Waals surface area contributed by atoms with E-state index in [4.69, 9.17) is 21.1 Å². The number of amidine groups is 1. The number of Topliss-reactive ketones (excluding diaryl/α,β-unsaturated/α-hetero) is 1. The maximum atomic E-state index is 13.6. The number of ketones is 1. The molecule has 0 spiro atoms. The Balaban J connectivity index is 1.64. The molecule has 3 aromatic carbocycles. The molecule has 6 nitrogen and oxygen atoms in total. The number of nitrogens with one attached hydrogen (secondary N) is 1. The molecule has 0 unspecified atom stereocenters. The third kappa shape index (κ3) is 3.65. The summed E-state index contributed by atoms with van der Waals surface area (Å²) in [4.78, 5) is 15.3. The summed E-state index contributed by atoms with van der Waals surface area (Å²) in [5.41, 5.74) is 3.80. The zero-order valence-corrected chi connectivity index (χ0v) is 20.1. The molecule has 1 aliphatic carbocycles. The number of rotatable bonds is 3. The maximum absolute atomic E-state index is 13.6. The smallest absolute Gasteiger partial charge is 0.231 e. The van der Waals surface area contributed by atoms with Crippen LogP contribution in [0.3, 0.4) is 0 Å². The van der Waals surface area contributed by atoms with Gasteiger partial charge >= 0.3 is 0 Å². The third-order valence-corrected chi connectivity index (χ3v) is 7.12. The van der Waals surface area contributed by atoms with Crippen molar-refractivity contribution in [3.63, 3.8) is 0 Å². The minimum atomic E-state index is -0.626. The van der Waals surface area contributed by atoms with E-state index in [1.807, 2.05) is 48.5 Å². The van der Waals surface area contributed by atoms with E-state index in [9.17, 15) is 15.3 Å². The monoisotopic (exact) mass is 498 g/mol. The fourth-order valence-corrected chi connectivity index (χ4v) is 5.37. The Morgan fingerprint density at radius 3 is 2.50 bits per heavy atom. The van der Waals surface area contributed by atoms with Gasteiger partial charge in [0.1, 0.15) is 11.6 Å². The van der Waals surface area contributed by atoms with E-state index < -0.39 is 5.92 Å². The lowest BCUT2D eigenvalue weighted by Gasteiger charge is -2.41. The molecule has 3 aliphatic rings. The van der Waals surface area contributed by atoms with Crippen molar-refractivity contribution in [2.75, 3.05) is 11.7 Å². The number of hydrogen-bond acceptors (Lipinski definition) is 5. The largest absolute Gasteiger partial charge is 0.507 e. The molecule has 0 aromatic heterocycles. The normalized spacial score (nSPS) is 20.5. The summed E-state index contributed by atoms with van der Waals surface area (Å²) in [6, 6.07) is 21.9. The van der Waals surface area contributed by atoms with Crippen LogP contribution in [-0.2, 0) is 4.79 Å². The lowest BCUT2D eigenvalue weighted by atomic mass is 9.73. The number of fused-ring (bicyclic) bond motifs is 1. The van der Waals surface area contributed by atoms with Gasteiger partial charge in [0.05, 0.1) is 0 Å². The summed E-state index contributed by atoms with van der Waals surface area (Å²) in [7, 11) is 0. The fourth-order valence-electron chi connectivity index (χ4n) is 5.24. The van der Waals surface area contributed by atoms with Crippen molar-refractivity contribution < 1.29 is 19.4 Å². The second-order valence-corrected chi connectivity index (χ2v) is 9.41. The molecule has 0 bridgehead atoms. The van der Waals surface area contributed by atoms with E-state index in [2.05, 4.69) is 0 Å². The van der Waals surface area contributed by atoms with E-state index in [0.717, 1.165) is 11.3 Å². The molecule has 2 N–H and O–H groups in total. The molecule has 3 aromatic rings. The number of allylic oxidation sites excluding steroid dienone is 2. The van der Waals surface area contributed by atoms with Crippen LogP contribution >= 0.6 is 11.6 Å². The van der Waals surface area contributed by atoms with E-state index in [-0.39, 0.29) is 24.2 Å². The standard InChI is InChI=1S/C29H23ClN2O4/c30-19-10-12-20(13-11-19)32-21-7-4-8-22(33)26(21)25(18-9-14-23-24(15-18)36-16-35-23)27(29(32)31)28(34)17-5-2-1-3-6-17/h1-3,5-6,9-15,25,31,34H,4,7-8,16H2/b28-27+,31-29?/t25-/m1/s1. The van der Waals surface area contributed by atoms with Crippen molar-refractivity contribution in [3.05, 3.63) is 106 Å². The van der Waals surface area contributed by atoms with Gasteiger partial charge in [-0.3, -0.25) is 15.1 Å². The quantitative estimate of drug-likeness (QED) is 0.396. The van der Waals surface area contributed by atoms with Gasteiger partial charge in [0, 0.05) is 45.5 Å². The van der Waals surface area contributed by atoms with Crippen LogP contribution in [0.1, 0.15) is 36.3 Å². The first-order chi connectivity index (χ1) is 17.5. The highest BCUT2D eigenvalue weighted by Gasteiger charge is 2.43. The van der Waals surface area contributed by atoms with Gasteiger partial charge in [0.25, 0.3) is 0 Å². The Bertz CT molecular complexity index is 1440. The predicted molar refractivity (Wildman–Crippen MR) is 139 cm³/mol. The van der Waals surface area contributed by atoms with Crippen LogP contribution in [0.5, 0.6) is 11.5 Å². The van der Waals surface area contributed by atoms with Crippen LogP contribution in [0.4, 0.5) is 5.69 Å². The number of halogens is 1. The average molecular weight is 499 g/mol. The molecule has 2 aliphatic heterocycles. The van der Waals surface area contributed by atoms with Crippen LogP contribution < -0.4 is 14.4 Å². The predicted octanol–water partition coefficient (Wildman–Crippen LogP) is 6.63. The number of carbonyl (C=O) groups excluding carboxylic acids is 1. The Morgan fingerprint density at radius 1 is 0.972 bits per heavy atom. The molecule has 2 heterocycles. The van der Waals surface area contributed by atoms with Gasteiger partial charge in [-0.15, -0.1) is 0 Å². The lowest BCUT2D eigenvalue weighted by molar-refractivity contribution is -0.116. The molecule has 0 fully saturated rings. The van der Waals surface area contributed by atoms with Gasteiger partial charge in [0.15, 0.2) is 17.3 Å². The lowest BCUT2D eigenvalue weighted by Crippen LogP contribution is -2.42. The summed E-state index contributed by atoms with van der Waals surface area (Å²) in [5, 5.41) is 21.6. The number of nitrogens with zero attached hydrogens (tertiary/aromatic N) is 1. The number of aliphatic hydroxyl groups excluding tert-OH is 1. The Labute approximate surface area is 213 Å². The number of aliphatic hydroxyl groups is 1. The van der Waals surface area contributed by atoms with Crippen molar-refractivity contribution in [1.29, 1.82) is 5.41 Å². The first-order valence-electron chi connectivity index (χ1n) is 11.8. The molecule has 0 saturated carbocycles. The summed E-state index contributed by atoms with van der Waals surface area (Å²) in [6.07, 6.45) is 1.76. The van der Waals surface area contributed by atoms with E-state index in [1.165, 1.54) is 0 Å². The molecule has 7 heteroatoms. The third-order valence-electron chi connectivity index (χ3n) is 6.87. The SMILES string of the molecule is N=C1/C(=C(/O)c2ccccc2)[C@H](c2ccc3c(c2)OCO3)C2=C(CCCC2=O)N1c1ccc(Cl)cc1. The van der Waals surface area contributed by atoms with Crippen LogP contribution in [-0.4, -0.2) is 23.5 Å².